The Bertz CT molecular complexity index is 1520. The first-order valence-corrected chi connectivity index (χ1v) is 13.3. The third-order valence-electron chi connectivity index (χ3n) is 7.29. The summed E-state index contributed by atoms with van der Waals surface area (Å²) in [4.78, 5) is 30.4. The smallest absolute Gasteiger partial charge is 0.274 e. The third-order valence-corrected chi connectivity index (χ3v) is 7.29. The lowest BCUT2D eigenvalue weighted by molar-refractivity contribution is 0.0316. The molecule has 5 rings (SSSR count). The van der Waals surface area contributed by atoms with E-state index >= 15 is 0 Å². The fourth-order valence-electron chi connectivity index (χ4n) is 5.30. The van der Waals surface area contributed by atoms with Crippen molar-refractivity contribution in [3.63, 3.8) is 0 Å². The SMILES string of the molecule is C#C[C@@H]1CN(C(=O)c2cc3n(n2)/C(c2ccc(OC)c(OC)c2)=C\C=C/CC3)C[C@H](C)N1C(=O)c1ccccc1. The van der Waals surface area contributed by atoms with Gasteiger partial charge in [0.05, 0.1) is 26.5 Å². The van der Waals surface area contributed by atoms with E-state index in [4.69, 9.17) is 21.0 Å². The summed E-state index contributed by atoms with van der Waals surface area (Å²) in [6.45, 7) is 2.51. The Morgan fingerprint density at radius 1 is 1.00 bits per heavy atom. The molecule has 40 heavy (non-hydrogen) atoms. The third kappa shape index (κ3) is 5.10. The molecule has 1 saturated heterocycles. The molecule has 3 heterocycles. The molecular formula is C32H32N4O4. The maximum Gasteiger partial charge on any atom is 0.274 e. The molecule has 8 heteroatoms. The van der Waals surface area contributed by atoms with Crippen LogP contribution < -0.4 is 9.47 Å². The molecule has 204 valence electrons. The van der Waals surface area contributed by atoms with Crippen LogP contribution in [-0.4, -0.2) is 70.8 Å². The van der Waals surface area contributed by atoms with E-state index in [1.54, 1.807) is 36.2 Å². The summed E-state index contributed by atoms with van der Waals surface area (Å²) in [7, 11) is 3.20. The number of terminal acetylenes is 1. The Labute approximate surface area is 234 Å². The van der Waals surface area contributed by atoms with E-state index in [2.05, 4.69) is 12.0 Å². The Hall–Kier alpha value is -4.77. The van der Waals surface area contributed by atoms with Crippen LogP contribution in [0.2, 0.25) is 0 Å². The van der Waals surface area contributed by atoms with Gasteiger partial charge < -0.3 is 19.3 Å². The monoisotopic (exact) mass is 536 g/mol. The number of aryl methyl sites for hydroxylation is 1. The van der Waals surface area contributed by atoms with Crippen molar-refractivity contribution in [2.45, 2.75) is 31.8 Å². The molecule has 3 aromatic rings. The predicted molar refractivity (Wildman–Crippen MR) is 153 cm³/mol. The van der Waals surface area contributed by atoms with Crippen LogP contribution in [0.1, 0.15) is 45.4 Å². The minimum atomic E-state index is -0.546. The van der Waals surface area contributed by atoms with Crippen molar-refractivity contribution in [3.8, 4) is 23.8 Å². The molecular weight excluding hydrogens is 504 g/mol. The standard InChI is InChI=1S/C32H32N4O4/c1-5-25-21-34(20-22(2)35(25)31(37)23-12-8-6-9-13-23)32(38)27-19-26-14-10-7-11-15-28(36(26)33-27)24-16-17-29(39-3)30(18-24)40-4/h1,6-9,11-13,15-19,22,25H,10,14,20-21H2,2-4H3/b11-7-,28-15-/t22-,25+/m0/s1. The Kier molecular flexibility index (Phi) is 7.74. The number of benzene rings is 2. The summed E-state index contributed by atoms with van der Waals surface area (Å²) in [5.41, 5.74) is 3.54. The second-order valence-electron chi connectivity index (χ2n) is 9.84. The van der Waals surface area contributed by atoms with Crippen molar-refractivity contribution in [2.24, 2.45) is 0 Å². The zero-order valence-electron chi connectivity index (χ0n) is 22.9. The van der Waals surface area contributed by atoms with Crippen molar-refractivity contribution in [3.05, 3.63) is 95.3 Å². The lowest BCUT2D eigenvalue weighted by Gasteiger charge is -2.43. The average molecular weight is 537 g/mol. The Morgan fingerprint density at radius 2 is 1.77 bits per heavy atom. The summed E-state index contributed by atoms with van der Waals surface area (Å²) in [6, 6.07) is 15.8. The van der Waals surface area contributed by atoms with E-state index in [0.29, 0.717) is 29.3 Å². The van der Waals surface area contributed by atoms with Crippen LogP contribution in [0.4, 0.5) is 0 Å². The molecule has 2 aliphatic heterocycles. The van der Waals surface area contributed by atoms with Crippen LogP contribution in [0.25, 0.3) is 5.70 Å². The predicted octanol–water partition coefficient (Wildman–Crippen LogP) is 4.28. The number of carbonyl (C=O) groups is 2. The van der Waals surface area contributed by atoms with Gasteiger partial charge >= 0.3 is 0 Å². The largest absolute Gasteiger partial charge is 0.493 e. The van der Waals surface area contributed by atoms with Crippen molar-refractivity contribution < 1.29 is 19.1 Å². The number of rotatable bonds is 5. The summed E-state index contributed by atoms with van der Waals surface area (Å²) < 4.78 is 12.7. The second kappa shape index (κ2) is 11.5. The molecule has 0 spiro atoms. The van der Waals surface area contributed by atoms with Crippen LogP contribution in [-0.2, 0) is 6.42 Å². The number of nitrogens with zero attached hydrogens (tertiary/aromatic N) is 4. The minimum absolute atomic E-state index is 0.134. The first kappa shape index (κ1) is 26.8. The molecule has 2 amide bonds. The van der Waals surface area contributed by atoms with E-state index in [1.807, 2.05) is 66.2 Å². The van der Waals surface area contributed by atoms with Gasteiger partial charge in [-0.25, -0.2) is 4.68 Å². The summed E-state index contributed by atoms with van der Waals surface area (Å²) in [6.07, 6.45) is 13.5. The first-order valence-electron chi connectivity index (χ1n) is 13.3. The molecule has 1 aromatic heterocycles. The molecule has 0 saturated carbocycles. The van der Waals surface area contributed by atoms with Gasteiger partial charge in [0.15, 0.2) is 17.2 Å². The van der Waals surface area contributed by atoms with Gasteiger partial charge in [0, 0.05) is 29.4 Å². The van der Waals surface area contributed by atoms with Crippen LogP contribution in [0.15, 0.2) is 72.8 Å². The van der Waals surface area contributed by atoms with Gasteiger partial charge in [-0.3, -0.25) is 9.59 Å². The van der Waals surface area contributed by atoms with Gasteiger partial charge in [-0.05, 0) is 62.2 Å². The average Bonchev–Trinajstić information content (AvgIpc) is 3.39. The fourth-order valence-corrected chi connectivity index (χ4v) is 5.30. The normalized spacial score (nSPS) is 20.7. The molecule has 8 nitrogen and oxygen atoms in total. The van der Waals surface area contributed by atoms with E-state index in [1.165, 1.54) is 0 Å². The van der Waals surface area contributed by atoms with E-state index < -0.39 is 6.04 Å². The molecule has 0 radical (unpaired) electrons. The number of fused-ring (bicyclic) bond motifs is 1. The Balaban J connectivity index is 1.43. The van der Waals surface area contributed by atoms with Crippen LogP contribution in [0.3, 0.4) is 0 Å². The zero-order chi connectivity index (χ0) is 28.2. The number of allylic oxidation sites excluding steroid dienone is 3. The first-order chi connectivity index (χ1) is 19.4. The van der Waals surface area contributed by atoms with Gasteiger partial charge in [-0.1, -0.05) is 36.3 Å². The molecule has 0 unspecified atom stereocenters. The number of piperazine rings is 1. The van der Waals surface area contributed by atoms with Crippen molar-refractivity contribution in [1.29, 1.82) is 0 Å². The highest BCUT2D eigenvalue weighted by atomic mass is 16.5. The highest BCUT2D eigenvalue weighted by Gasteiger charge is 2.37. The molecule has 2 aromatic carbocycles. The number of carbonyl (C=O) groups excluding carboxylic acids is 2. The molecule has 1 fully saturated rings. The van der Waals surface area contributed by atoms with Gasteiger partial charge in [0.1, 0.15) is 6.04 Å². The fraction of sp³-hybridized carbons (Fsp3) is 0.281. The lowest BCUT2D eigenvalue weighted by Crippen LogP contribution is -2.60. The Morgan fingerprint density at radius 3 is 2.50 bits per heavy atom. The van der Waals surface area contributed by atoms with Crippen molar-refractivity contribution in [1.82, 2.24) is 19.6 Å². The summed E-state index contributed by atoms with van der Waals surface area (Å²) >= 11 is 0. The highest BCUT2D eigenvalue weighted by molar-refractivity contribution is 5.96. The maximum atomic E-state index is 13.8. The molecule has 2 aliphatic rings. The van der Waals surface area contributed by atoms with Crippen LogP contribution >= 0.6 is 0 Å². The topological polar surface area (TPSA) is 76.9 Å². The number of ether oxygens (including phenoxy) is 2. The lowest BCUT2D eigenvalue weighted by atomic mass is 10.0. The number of amides is 2. The number of methoxy groups -OCH3 is 2. The second-order valence-corrected chi connectivity index (χ2v) is 9.84. The highest BCUT2D eigenvalue weighted by Crippen LogP contribution is 2.32. The molecule has 0 bridgehead atoms. The molecule has 0 N–H and O–H groups in total. The van der Waals surface area contributed by atoms with Gasteiger partial charge in [-0.15, -0.1) is 6.42 Å². The van der Waals surface area contributed by atoms with Crippen LogP contribution in [0.5, 0.6) is 11.5 Å². The number of hydrogen-bond acceptors (Lipinski definition) is 5. The van der Waals surface area contributed by atoms with Crippen molar-refractivity contribution >= 4 is 17.5 Å². The van der Waals surface area contributed by atoms with Gasteiger partial charge in [0.2, 0.25) is 0 Å². The quantitative estimate of drug-likeness (QED) is 0.455. The van der Waals surface area contributed by atoms with E-state index in [0.717, 1.165) is 29.8 Å². The van der Waals surface area contributed by atoms with Gasteiger partial charge in [-0.2, -0.15) is 5.10 Å². The van der Waals surface area contributed by atoms with Crippen molar-refractivity contribution in [2.75, 3.05) is 27.3 Å². The molecule has 2 atom stereocenters. The van der Waals surface area contributed by atoms with Gasteiger partial charge in [0.25, 0.3) is 11.8 Å². The van der Waals surface area contributed by atoms with E-state index in [9.17, 15) is 9.59 Å². The number of hydrogen-bond donors (Lipinski definition) is 0. The molecule has 0 aliphatic carbocycles. The minimum Gasteiger partial charge on any atom is -0.493 e. The summed E-state index contributed by atoms with van der Waals surface area (Å²) in [5, 5.41) is 4.78. The number of aromatic nitrogens is 2. The summed E-state index contributed by atoms with van der Waals surface area (Å²) in [5.74, 6) is 3.62. The zero-order valence-corrected chi connectivity index (χ0v) is 22.9. The van der Waals surface area contributed by atoms with E-state index in [-0.39, 0.29) is 24.4 Å². The maximum absolute atomic E-state index is 13.8. The van der Waals surface area contributed by atoms with Crippen LogP contribution in [0, 0.1) is 12.3 Å².